The molecular weight excluding hydrogens is 543 g/mol. The second-order valence-electron chi connectivity index (χ2n) is 11.1. The number of likely N-dealkylation sites (N-methyl/N-ethyl adjacent to an activating group) is 1. The Balaban J connectivity index is 1.93. The van der Waals surface area contributed by atoms with Crippen molar-refractivity contribution in [3.05, 3.63) is 72.0 Å². The van der Waals surface area contributed by atoms with Gasteiger partial charge in [0.15, 0.2) is 0 Å². The lowest BCUT2D eigenvalue weighted by Crippen LogP contribution is -2.57. The lowest BCUT2D eigenvalue weighted by Gasteiger charge is -2.31. The number of nitrogens with zero attached hydrogens (tertiary/aromatic N) is 1. The summed E-state index contributed by atoms with van der Waals surface area (Å²) in [5.41, 5.74) is 0.649. The highest BCUT2D eigenvalue weighted by atomic mass is 19.1. The van der Waals surface area contributed by atoms with E-state index in [1.165, 1.54) is 30.2 Å². The minimum absolute atomic E-state index is 0.135. The number of halogens is 1. The molecule has 1 heterocycles. The highest BCUT2D eigenvalue weighted by molar-refractivity contribution is 5.93. The normalized spacial score (nSPS) is 28.0. The third-order valence-electron chi connectivity index (χ3n) is 7.69. The van der Waals surface area contributed by atoms with Gasteiger partial charge >= 0.3 is 0 Å². The molecule has 5 atom stereocenters. The van der Waals surface area contributed by atoms with Crippen molar-refractivity contribution in [2.24, 2.45) is 5.92 Å². The van der Waals surface area contributed by atoms with Gasteiger partial charge in [-0.1, -0.05) is 38.1 Å². The molecule has 2 aliphatic rings. The van der Waals surface area contributed by atoms with Gasteiger partial charge in [0.05, 0.1) is 6.04 Å². The van der Waals surface area contributed by atoms with Gasteiger partial charge in [0, 0.05) is 25.7 Å². The molecule has 0 saturated heterocycles. The van der Waals surface area contributed by atoms with Crippen LogP contribution in [0.15, 0.2) is 60.6 Å². The zero-order chi connectivity index (χ0) is 31.0. The van der Waals surface area contributed by atoms with Crippen molar-refractivity contribution in [3.63, 3.8) is 0 Å². The molecule has 0 radical (unpaired) electrons. The smallest absolute Gasteiger partial charge is 0.245 e. The topological polar surface area (TPSA) is 140 Å². The SMILES string of the molecule is C=C/C1=C(\C(=C)O)CCCNC(=O)[C@@H](C(O)c2ccc(F)cc2)NC(=O)[C@@H](C)N(C)C(=O)C(CC2CC2)NC[C@@H](C)O1. The molecular formula is C31H43FN4O6. The van der Waals surface area contributed by atoms with E-state index in [9.17, 15) is 29.0 Å². The molecule has 0 spiro atoms. The molecule has 42 heavy (non-hydrogen) atoms. The number of allylic oxidation sites excluding steroid dienone is 2. The second-order valence-corrected chi connectivity index (χ2v) is 11.1. The quantitative estimate of drug-likeness (QED) is 0.323. The first-order chi connectivity index (χ1) is 19.9. The number of hydrogen-bond acceptors (Lipinski definition) is 7. The van der Waals surface area contributed by atoms with Gasteiger partial charge in [-0.15, -0.1) is 0 Å². The van der Waals surface area contributed by atoms with Crippen LogP contribution in [0.5, 0.6) is 0 Å². The van der Waals surface area contributed by atoms with E-state index in [1.54, 1.807) is 6.92 Å². The number of aliphatic hydroxyl groups excluding tert-OH is 2. The van der Waals surface area contributed by atoms with Crippen LogP contribution in [0.3, 0.4) is 0 Å². The minimum atomic E-state index is -1.49. The number of carbonyl (C=O) groups excluding carboxylic acids is 3. The molecule has 3 amide bonds. The molecule has 11 heteroatoms. The Morgan fingerprint density at radius 3 is 2.45 bits per heavy atom. The highest BCUT2D eigenvalue weighted by Gasteiger charge is 2.36. The van der Waals surface area contributed by atoms with Crippen molar-refractivity contribution in [1.82, 2.24) is 20.9 Å². The van der Waals surface area contributed by atoms with Gasteiger partial charge in [0.1, 0.15) is 41.6 Å². The molecule has 1 aromatic carbocycles. The molecule has 2 unspecified atom stereocenters. The van der Waals surface area contributed by atoms with Crippen molar-refractivity contribution >= 4 is 17.7 Å². The van der Waals surface area contributed by atoms with E-state index in [4.69, 9.17) is 4.74 Å². The summed E-state index contributed by atoms with van der Waals surface area (Å²) in [6.45, 7) is 11.3. The first-order valence-corrected chi connectivity index (χ1v) is 14.3. The molecule has 0 aromatic heterocycles. The zero-order valence-corrected chi connectivity index (χ0v) is 24.6. The number of benzene rings is 1. The van der Waals surface area contributed by atoms with E-state index in [0.717, 1.165) is 25.0 Å². The van der Waals surface area contributed by atoms with Crippen LogP contribution >= 0.6 is 0 Å². The van der Waals surface area contributed by atoms with Crippen LogP contribution in [0.25, 0.3) is 0 Å². The summed E-state index contributed by atoms with van der Waals surface area (Å²) in [5.74, 6) is -1.55. The van der Waals surface area contributed by atoms with Gasteiger partial charge < -0.3 is 35.8 Å². The van der Waals surface area contributed by atoms with Crippen LogP contribution in [-0.2, 0) is 19.1 Å². The number of nitrogens with one attached hydrogen (secondary N) is 3. The molecule has 1 saturated carbocycles. The van der Waals surface area contributed by atoms with Crippen LogP contribution in [0, 0.1) is 11.7 Å². The van der Waals surface area contributed by atoms with Gasteiger partial charge in [0.2, 0.25) is 17.7 Å². The number of carbonyl (C=O) groups is 3. The maximum absolute atomic E-state index is 13.6. The molecule has 230 valence electrons. The maximum Gasteiger partial charge on any atom is 0.245 e. The first kappa shape index (κ1) is 32.8. The summed E-state index contributed by atoms with van der Waals surface area (Å²) in [6.07, 6.45) is 2.92. The monoisotopic (exact) mass is 586 g/mol. The lowest BCUT2D eigenvalue weighted by atomic mass is 10.0. The molecule has 1 fully saturated rings. The number of ether oxygens (including phenoxy) is 1. The third kappa shape index (κ3) is 8.90. The minimum Gasteiger partial charge on any atom is -0.508 e. The zero-order valence-electron chi connectivity index (χ0n) is 24.6. The Labute approximate surface area is 246 Å². The highest BCUT2D eigenvalue weighted by Crippen LogP contribution is 2.34. The number of rotatable bonds is 6. The second kappa shape index (κ2) is 15.0. The molecule has 3 rings (SSSR count). The van der Waals surface area contributed by atoms with E-state index in [2.05, 4.69) is 29.1 Å². The summed E-state index contributed by atoms with van der Waals surface area (Å²) in [6, 6.07) is 2.00. The lowest BCUT2D eigenvalue weighted by molar-refractivity contribution is -0.141. The van der Waals surface area contributed by atoms with E-state index in [0.29, 0.717) is 43.1 Å². The third-order valence-corrected chi connectivity index (χ3v) is 7.69. The van der Waals surface area contributed by atoms with Crippen molar-refractivity contribution in [2.45, 2.75) is 76.3 Å². The standard InChI is InChI=1S/C31H43FN4O6/c1-6-26-24(20(4)37)8-7-15-33-30(40)27(28(38)22-11-13-23(32)14-12-22)35-29(39)19(3)36(5)31(41)25(16-21-9-10-21)34-17-18(2)42-26/h6,11-14,18-19,21,25,27-28,34,37-38H,1,4,7-10,15-17H2,2-3,5H3,(H,33,40)(H,35,39)/b26-24+/t18-,19-,25?,27-,28?/m1/s1. The summed E-state index contributed by atoms with van der Waals surface area (Å²) < 4.78 is 19.6. The summed E-state index contributed by atoms with van der Waals surface area (Å²) >= 11 is 0. The Hall–Kier alpha value is -3.70. The van der Waals surface area contributed by atoms with E-state index >= 15 is 0 Å². The van der Waals surface area contributed by atoms with Crippen molar-refractivity contribution in [3.8, 4) is 0 Å². The predicted octanol–water partition coefficient (Wildman–Crippen LogP) is 2.78. The van der Waals surface area contributed by atoms with Crippen molar-refractivity contribution in [1.29, 1.82) is 0 Å². The van der Waals surface area contributed by atoms with E-state index < -0.39 is 41.9 Å². The van der Waals surface area contributed by atoms with Gasteiger partial charge in [-0.05, 0) is 62.8 Å². The Morgan fingerprint density at radius 1 is 1.19 bits per heavy atom. The Bertz CT molecular complexity index is 1180. The molecule has 1 aromatic rings. The molecule has 0 bridgehead atoms. The van der Waals surface area contributed by atoms with Gasteiger partial charge in [-0.25, -0.2) is 4.39 Å². The predicted molar refractivity (Wildman–Crippen MR) is 156 cm³/mol. The van der Waals surface area contributed by atoms with Gasteiger partial charge in [-0.2, -0.15) is 0 Å². The van der Waals surface area contributed by atoms with Crippen LogP contribution in [0.1, 0.15) is 57.6 Å². The first-order valence-electron chi connectivity index (χ1n) is 14.3. The van der Waals surface area contributed by atoms with Crippen LogP contribution in [0.4, 0.5) is 4.39 Å². The molecule has 1 aliphatic carbocycles. The Kier molecular flexibility index (Phi) is 11.7. The summed E-state index contributed by atoms with van der Waals surface area (Å²) in [7, 11) is 1.52. The van der Waals surface area contributed by atoms with Crippen LogP contribution < -0.4 is 16.0 Å². The average molecular weight is 587 g/mol. The fourth-order valence-electron chi connectivity index (χ4n) is 4.79. The van der Waals surface area contributed by atoms with Gasteiger partial charge in [-0.3, -0.25) is 14.4 Å². The fraction of sp³-hybridized carbons (Fsp3) is 0.516. The van der Waals surface area contributed by atoms with E-state index in [1.807, 2.05) is 6.92 Å². The summed E-state index contributed by atoms with van der Waals surface area (Å²) in [5, 5.41) is 29.9. The van der Waals surface area contributed by atoms with Crippen molar-refractivity contribution < 1.29 is 33.7 Å². The number of amides is 3. The van der Waals surface area contributed by atoms with E-state index in [-0.39, 0.29) is 29.9 Å². The van der Waals surface area contributed by atoms with Crippen molar-refractivity contribution in [2.75, 3.05) is 20.1 Å². The Morgan fingerprint density at radius 2 is 1.86 bits per heavy atom. The fourth-order valence-corrected chi connectivity index (χ4v) is 4.79. The maximum atomic E-state index is 13.6. The molecule has 10 nitrogen and oxygen atoms in total. The van der Waals surface area contributed by atoms with Crippen LogP contribution in [-0.4, -0.2) is 77.2 Å². The number of aliphatic hydroxyl groups is 2. The van der Waals surface area contributed by atoms with Crippen LogP contribution in [0.2, 0.25) is 0 Å². The number of hydrogen-bond donors (Lipinski definition) is 5. The summed E-state index contributed by atoms with van der Waals surface area (Å²) in [4.78, 5) is 41.5. The molecule has 1 aliphatic heterocycles. The average Bonchev–Trinajstić information content (AvgIpc) is 3.79. The van der Waals surface area contributed by atoms with Gasteiger partial charge in [0.25, 0.3) is 0 Å². The largest absolute Gasteiger partial charge is 0.508 e. The molecule has 5 N–H and O–H groups in total.